The molecule has 1 unspecified atom stereocenters. The molecule has 6 nitrogen and oxygen atoms in total. The molecule has 1 rings (SSSR count). The molecule has 0 bridgehead atoms. The smallest absolute Gasteiger partial charge is 0.354 e. The van der Waals surface area contributed by atoms with Gasteiger partial charge in [0, 0.05) is 17.8 Å². The average molecular weight is 265 g/mol. The van der Waals surface area contributed by atoms with E-state index < -0.39 is 5.97 Å². The van der Waals surface area contributed by atoms with Gasteiger partial charge < -0.3 is 15.3 Å². The molecule has 6 heteroatoms. The van der Waals surface area contributed by atoms with Crippen LogP contribution < -0.4 is 5.32 Å². The summed E-state index contributed by atoms with van der Waals surface area (Å²) in [5, 5.41) is 11.6. The maximum atomic E-state index is 11.9. The Bertz CT molecular complexity index is 460. The molecule has 0 saturated carbocycles. The number of aromatic carboxylic acids is 1. The van der Waals surface area contributed by atoms with Crippen molar-refractivity contribution in [3.8, 4) is 0 Å². The van der Waals surface area contributed by atoms with Gasteiger partial charge in [0.1, 0.15) is 5.69 Å². The van der Waals surface area contributed by atoms with Crippen molar-refractivity contribution in [2.45, 2.75) is 19.4 Å². The summed E-state index contributed by atoms with van der Waals surface area (Å²) in [6, 6.07) is 2.80. The number of carbonyl (C=O) groups excluding carboxylic acids is 1. The Morgan fingerprint density at radius 2 is 2.16 bits per heavy atom. The second-order valence-electron chi connectivity index (χ2n) is 4.70. The first-order chi connectivity index (χ1) is 8.90. The Morgan fingerprint density at radius 1 is 1.47 bits per heavy atom. The van der Waals surface area contributed by atoms with Crippen molar-refractivity contribution in [1.29, 1.82) is 0 Å². The molecule has 0 saturated heterocycles. The molecule has 0 fully saturated rings. The summed E-state index contributed by atoms with van der Waals surface area (Å²) in [6.07, 6.45) is 2.15. The molecule has 1 aromatic heterocycles. The fraction of sp³-hybridized carbons (Fsp3) is 0.462. The summed E-state index contributed by atoms with van der Waals surface area (Å²) in [4.78, 5) is 28.4. The molecule has 1 aromatic rings. The van der Waals surface area contributed by atoms with E-state index in [1.165, 1.54) is 18.3 Å². The Morgan fingerprint density at radius 3 is 2.74 bits per heavy atom. The zero-order valence-corrected chi connectivity index (χ0v) is 11.4. The van der Waals surface area contributed by atoms with Crippen molar-refractivity contribution in [3.05, 3.63) is 29.6 Å². The molecule has 2 N–H and O–H groups in total. The minimum absolute atomic E-state index is 0.0244. The minimum Gasteiger partial charge on any atom is -0.477 e. The molecule has 1 amide bonds. The molecular weight excluding hydrogens is 246 g/mol. The van der Waals surface area contributed by atoms with Crippen LogP contribution in [-0.2, 0) is 0 Å². The predicted octanol–water partition coefficient (Wildman–Crippen LogP) is 0.850. The van der Waals surface area contributed by atoms with E-state index >= 15 is 0 Å². The molecule has 1 heterocycles. The van der Waals surface area contributed by atoms with Crippen molar-refractivity contribution in [1.82, 2.24) is 15.2 Å². The number of aromatic nitrogens is 1. The van der Waals surface area contributed by atoms with Crippen LogP contribution >= 0.6 is 0 Å². The van der Waals surface area contributed by atoms with E-state index in [0.29, 0.717) is 5.56 Å². The second kappa shape index (κ2) is 6.84. The van der Waals surface area contributed by atoms with Gasteiger partial charge in [0.2, 0.25) is 0 Å². The number of rotatable bonds is 6. The van der Waals surface area contributed by atoms with Crippen LogP contribution in [0.25, 0.3) is 0 Å². The van der Waals surface area contributed by atoms with E-state index in [1.807, 2.05) is 25.9 Å². The number of carboxylic acids is 1. The average Bonchev–Trinajstić information content (AvgIpc) is 2.36. The molecular formula is C13H19N3O3. The van der Waals surface area contributed by atoms with Gasteiger partial charge in [0.05, 0.1) is 0 Å². The molecule has 0 aliphatic carbocycles. The number of carboxylic acid groups (broad SMARTS) is 1. The molecule has 1 atom stereocenters. The summed E-state index contributed by atoms with van der Waals surface area (Å²) in [5.41, 5.74) is 0.178. The zero-order valence-electron chi connectivity index (χ0n) is 11.4. The molecule has 0 aliphatic rings. The monoisotopic (exact) mass is 265 g/mol. The fourth-order valence-electron chi connectivity index (χ4n) is 1.52. The van der Waals surface area contributed by atoms with Crippen LogP contribution in [-0.4, -0.2) is 53.5 Å². The Hall–Kier alpha value is -1.95. The Labute approximate surface area is 112 Å². The van der Waals surface area contributed by atoms with Crippen LogP contribution in [0, 0.1) is 0 Å². The van der Waals surface area contributed by atoms with Crippen LogP contribution in [0.5, 0.6) is 0 Å². The highest BCUT2D eigenvalue weighted by molar-refractivity contribution is 5.96. The van der Waals surface area contributed by atoms with Crippen LogP contribution in [0.15, 0.2) is 18.3 Å². The number of pyridine rings is 1. The van der Waals surface area contributed by atoms with Crippen molar-refractivity contribution in [2.24, 2.45) is 0 Å². The first-order valence-corrected chi connectivity index (χ1v) is 6.05. The number of nitrogens with zero attached hydrogens (tertiary/aromatic N) is 2. The molecule has 0 aromatic carbocycles. The second-order valence-corrected chi connectivity index (χ2v) is 4.70. The number of amides is 1. The van der Waals surface area contributed by atoms with Gasteiger partial charge in [-0.25, -0.2) is 9.78 Å². The van der Waals surface area contributed by atoms with Crippen molar-refractivity contribution >= 4 is 11.9 Å². The van der Waals surface area contributed by atoms with Gasteiger partial charge in [0.25, 0.3) is 5.91 Å². The van der Waals surface area contributed by atoms with E-state index in [-0.39, 0.29) is 17.6 Å². The van der Waals surface area contributed by atoms with E-state index in [1.54, 1.807) is 0 Å². The van der Waals surface area contributed by atoms with Gasteiger partial charge in [0.15, 0.2) is 0 Å². The summed E-state index contributed by atoms with van der Waals surface area (Å²) < 4.78 is 0. The zero-order chi connectivity index (χ0) is 14.4. The molecule has 0 spiro atoms. The maximum Gasteiger partial charge on any atom is 0.354 e. The molecule has 19 heavy (non-hydrogen) atoms. The third-order valence-electron chi connectivity index (χ3n) is 2.63. The van der Waals surface area contributed by atoms with Gasteiger partial charge in [-0.3, -0.25) is 4.79 Å². The third kappa shape index (κ3) is 5.05. The van der Waals surface area contributed by atoms with E-state index in [4.69, 9.17) is 5.11 Å². The van der Waals surface area contributed by atoms with Gasteiger partial charge >= 0.3 is 5.97 Å². The summed E-state index contributed by atoms with van der Waals surface area (Å²) in [6.45, 7) is 2.79. The summed E-state index contributed by atoms with van der Waals surface area (Å²) in [5.74, 6) is -1.42. The standard InChI is InChI=1S/C13H19N3O3/c1-9(5-7-16(2)3)15-12(17)10-4-6-14-11(8-10)13(18)19/h4,6,8-9H,5,7H2,1-3H3,(H,15,17)(H,18,19). The van der Waals surface area contributed by atoms with Crippen molar-refractivity contribution < 1.29 is 14.7 Å². The van der Waals surface area contributed by atoms with E-state index in [9.17, 15) is 9.59 Å². The van der Waals surface area contributed by atoms with E-state index in [2.05, 4.69) is 10.3 Å². The maximum absolute atomic E-state index is 11.9. The highest BCUT2D eigenvalue weighted by atomic mass is 16.4. The summed E-state index contributed by atoms with van der Waals surface area (Å²) >= 11 is 0. The van der Waals surface area contributed by atoms with Crippen LogP contribution in [0.2, 0.25) is 0 Å². The number of hydrogen-bond acceptors (Lipinski definition) is 4. The Kier molecular flexibility index (Phi) is 5.44. The molecule has 0 radical (unpaired) electrons. The number of carbonyl (C=O) groups is 2. The topological polar surface area (TPSA) is 82.5 Å². The number of nitrogens with one attached hydrogen (secondary N) is 1. The first kappa shape index (κ1) is 15.1. The van der Waals surface area contributed by atoms with Crippen LogP contribution in [0.4, 0.5) is 0 Å². The fourth-order valence-corrected chi connectivity index (χ4v) is 1.52. The molecule has 104 valence electrons. The lowest BCUT2D eigenvalue weighted by atomic mass is 10.1. The first-order valence-electron chi connectivity index (χ1n) is 6.05. The highest BCUT2D eigenvalue weighted by Crippen LogP contribution is 2.03. The predicted molar refractivity (Wildman–Crippen MR) is 71.3 cm³/mol. The Balaban J connectivity index is 2.62. The van der Waals surface area contributed by atoms with Gasteiger partial charge in [-0.1, -0.05) is 0 Å². The van der Waals surface area contributed by atoms with Crippen molar-refractivity contribution in [3.63, 3.8) is 0 Å². The quantitative estimate of drug-likeness (QED) is 0.796. The summed E-state index contributed by atoms with van der Waals surface area (Å²) in [7, 11) is 3.94. The van der Waals surface area contributed by atoms with Crippen LogP contribution in [0.3, 0.4) is 0 Å². The van der Waals surface area contributed by atoms with Gasteiger partial charge in [-0.15, -0.1) is 0 Å². The van der Waals surface area contributed by atoms with E-state index in [0.717, 1.165) is 13.0 Å². The van der Waals surface area contributed by atoms with Gasteiger partial charge in [-0.05, 0) is 46.1 Å². The largest absolute Gasteiger partial charge is 0.477 e. The molecule has 0 aliphatic heterocycles. The lowest BCUT2D eigenvalue weighted by Crippen LogP contribution is -2.34. The highest BCUT2D eigenvalue weighted by Gasteiger charge is 2.12. The van der Waals surface area contributed by atoms with Crippen molar-refractivity contribution in [2.75, 3.05) is 20.6 Å². The van der Waals surface area contributed by atoms with Gasteiger partial charge in [-0.2, -0.15) is 0 Å². The SMILES string of the molecule is CC(CCN(C)C)NC(=O)c1ccnc(C(=O)O)c1. The van der Waals surface area contributed by atoms with Crippen LogP contribution in [0.1, 0.15) is 34.2 Å². The number of hydrogen-bond donors (Lipinski definition) is 2. The minimum atomic E-state index is -1.14. The lowest BCUT2D eigenvalue weighted by molar-refractivity contribution is 0.0690. The lowest BCUT2D eigenvalue weighted by Gasteiger charge is -2.16. The third-order valence-corrected chi connectivity index (χ3v) is 2.63. The normalized spacial score (nSPS) is 12.2.